The Balaban J connectivity index is 2.22. The molecule has 0 aliphatic rings. The molecule has 0 aliphatic heterocycles. The second-order valence-corrected chi connectivity index (χ2v) is 4.16. The molecule has 5 heteroatoms. The summed E-state index contributed by atoms with van der Waals surface area (Å²) in [5.74, 6) is 0.527. The fourth-order valence-corrected chi connectivity index (χ4v) is 2.12. The summed E-state index contributed by atoms with van der Waals surface area (Å²) in [6, 6.07) is 0. The van der Waals surface area contributed by atoms with Crippen LogP contribution < -0.4 is 5.32 Å². The van der Waals surface area contributed by atoms with Crippen LogP contribution in [0.3, 0.4) is 0 Å². The Morgan fingerprint density at radius 2 is 2.67 bits per heavy atom. The molecular formula is C7H10N2OS2. The number of rotatable bonds is 4. The minimum atomic E-state index is 0.0673. The van der Waals surface area contributed by atoms with Gasteiger partial charge in [-0.2, -0.15) is 0 Å². The molecule has 1 amide bonds. The maximum atomic E-state index is 11.0. The Morgan fingerprint density at radius 1 is 1.83 bits per heavy atom. The topological polar surface area (TPSA) is 42.0 Å². The van der Waals surface area contributed by atoms with Crippen molar-refractivity contribution >= 4 is 29.0 Å². The molecule has 3 nitrogen and oxygen atoms in total. The third-order valence-corrected chi connectivity index (χ3v) is 3.08. The summed E-state index contributed by atoms with van der Waals surface area (Å²) in [6.07, 6.45) is 1.74. The molecule has 1 heterocycles. The number of carbonyl (C=O) groups excluding carboxylic acids is 1. The number of nitrogens with zero attached hydrogens (tertiary/aromatic N) is 1. The van der Waals surface area contributed by atoms with E-state index in [1.54, 1.807) is 17.5 Å². The van der Waals surface area contributed by atoms with E-state index in [0.717, 1.165) is 4.34 Å². The summed E-state index contributed by atoms with van der Waals surface area (Å²) < 4.78 is 0.946. The number of hydrogen-bond donors (Lipinski definition) is 1. The molecule has 0 aromatic carbocycles. The molecule has 0 unspecified atom stereocenters. The normalized spacial score (nSPS) is 9.75. The van der Waals surface area contributed by atoms with E-state index in [9.17, 15) is 4.79 Å². The summed E-state index contributed by atoms with van der Waals surface area (Å²) in [7, 11) is 0. The maximum absolute atomic E-state index is 11.0. The van der Waals surface area contributed by atoms with E-state index >= 15 is 0 Å². The van der Waals surface area contributed by atoms with Gasteiger partial charge in [-0.1, -0.05) is 11.8 Å². The SMILES string of the molecule is CCNC(=O)CSc1nccs1. The maximum Gasteiger partial charge on any atom is 0.230 e. The molecule has 1 aromatic rings. The summed E-state index contributed by atoms with van der Waals surface area (Å²) in [5, 5.41) is 4.63. The van der Waals surface area contributed by atoms with E-state index in [1.807, 2.05) is 12.3 Å². The van der Waals surface area contributed by atoms with Gasteiger partial charge in [0, 0.05) is 18.1 Å². The van der Waals surface area contributed by atoms with E-state index < -0.39 is 0 Å². The first-order chi connectivity index (χ1) is 5.83. The molecule has 12 heavy (non-hydrogen) atoms. The van der Waals surface area contributed by atoms with Crippen LogP contribution in [0.5, 0.6) is 0 Å². The number of thiazole rings is 1. The Morgan fingerprint density at radius 3 is 3.25 bits per heavy atom. The molecule has 0 aliphatic carbocycles. The van der Waals surface area contributed by atoms with Crippen LogP contribution in [0, 0.1) is 0 Å². The lowest BCUT2D eigenvalue weighted by molar-refractivity contribution is -0.118. The van der Waals surface area contributed by atoms with Crippen LogP contribution >= 0.6 is 23.1 Å². The van der Waals surface area contributed by atoms with Crippen LogP contribution in [0.2, 0.25) is 0 Å². The molecule has 66 valence electrons. The number of hydrogen-bond acceptors (Lipinski definition) is 4. The Hall–Kier alpha value is -0.550. The number of carbonyl (C=O) groups is 1. The summed E-state index contributed by atoms with van der Waals surface area (Å²) in [4.78, 5) is 15.0. The highest BCUT2D eigenvalue weighted by atomic mass is 32.2. The standard InChI is InChI=1S/C7H10N2OS2/c1-2-8-6(10)5-12-7-9-3-4-11-7/h3-4H,2,5H2,1H3,(H,8,10). The zero-order valence-corrected chi connectivity index (χ0v) is 8.37. The zero-order valence-electron chi connectivity index (χ0n) is 6.74. The Kier molecular flexibility index (Phi) is 4.10. The van der Waals surface area contributed by atoms with E-state index in [1.165, 1.54) is 11.8 Å². The van der Waals surface area contributed by atoms with Crippen molar-refractivity contribution in [2.45, 2.75) is 11.3 Å². The van der Waals surface area contributed by atoms with Crippen molar-refractivity contribution in [1.82, 2.24) is 10.3 Å². The van der Waals surface area contributed by atoms with Crippen molar-refractivity contribution < 1.29 is 4.79 Å². The molecular weight excluding hydrogens is 192 g/mol. The van der Waals surface area contributed by atoms with Gasteiger partial charge in [-0.3, -0.25) is 4.79 Å². The molecule has 1 N–H and O–H groups in total. The highest BCUT2D eigenvalue weighted by Crippen LogP contribution is 2.19. The quantitative estimate of drug-likeness (QED) is 0.750. The van der Waals surface area contributed by atoms with Crippen molar-refractivity contribution in [2.24, 2.45) is 0 Å². The Labute approximate surface area is 79.6 Å². The lowest BCUT2D eigenvalue weighted by atomic mass is 10.6. The van der Waals surface area contributed by atoms with Gasteiger partial charge >= 0.3 is 0 Å². The molecule has 0 spiro atoms. The van der Waals surface area contributed by atoms with Crippen molar-refractivity contribution in [3.05, 3.63) is 11.6 Å². The number of aromatic nitrogens is 1. The monoisotopic (exact) mass is 202 g/mol. The van der Waals surface area contributed by atoms with Crippen molar-refractivity contribution in [2.75, 3.05) is 12.3 Å². The van der Waals surface area contributed by atoms with Gasteiger partial charge in [-0.25, -0.2) is 4.98 Å². The van der Waals surface area contributed by atoms with Gasteiger partial charge < -0.3 is 5.32 Å². The number of thioether (sulfide) groups is 1. The molecule has 1 aromatic heterocycles. The second kappa shape index (κ2) is 5.16. The second-order valence-electron chi connectivity index (χ2n) is 2.04. The first-order valence-electron chi connectivity index (χ1n) is 3.62. The van der Waals surface area contributed by atoms with E-state index in [-0.39, 0.29) is 5.91 Å². The van der Waals surface area contributed by atoms with Crippen molar-refractivity contribution in [3.63, 3.8) is 0 Å². The number of nitrogens with one attached hydrogen (secondary N) is 1. The predicted octanol–water partition coefficient (Wildman–Crippen LogP) is 1.37. The van der Waals surface area contributed by atoms with E-state index in [4.69, 9.17) is 0 Å². The predicted molar refractivity (Wildman–Crippen MR) is 51.5 cm³/mol. The molecule has 0 radical (unpaired) electrons. The van der Waals surface area contributed by atoms with E-state index in [2.05, 4.69) is 10.3 Å². The van der Waals surface area contributed by atoms with Crippen LogP contribution in [0.4, 0.5) is 0 Å². The zero-order chi connectivity index (χ0) is 8.81. The summed E-state index contributed by atoms with van der Waals surface area (Å²) in [6.45, 7) is 2.60. The smallest absolute Gasteiger partial charge is 0.230 e. The first kappa shape index (κ1) is 9.54. The highest BCUT2D eigenvalue weighted by molar-refractivity contribution is 8.01. The molecule has 0 fully saturated rings. The van der Waals surface area contributed by atoms with Crippen LogP contribution in [0.1, 0.15) is 6.92 Å². The summed E-state index contributed by atoms with van der Waals surface area (Å²) in [5.41, 5.74) is 0. The third-order valence-electron chi connectivity index (χ3n) is 1.11. The fraction of sp³-hybridized carbons (Fsp3) is 0.429. The van der Waals surface area contributed by atoms with Crippen molar-refractivity contribution in [1.29, 1.82) is 0 Å². The van der Waals surface area contributed by atoms with Crippen LogP contribution in [0.25, 0.3) is 0 Å². The number of amides is 1. The Bertz CT molecular complexity index is 236. The van der Waals surface area contributed by atoms with Crippen LogP contribution in [0.15, 0.2) is 15.9 Å². The molecule has 1 rings (SSSR count). The summed E-state index contributed by atoms with van der Waals surface area (Å²) >= 11 is 3.03. The largest absolute Gasteiger partial charge is 0.356 e. The van der Waals surface area contributed by atoms with Gasteiger partial charge in [0.2, 0.25) is 5.91 Å². The third kappa shape index (κ3) is 3.23. The minimum Gasteiger partial charge on any atom is -0.356 e. The highest BCUT2D eigenvalue weighted by Gasteiger charge is 2.01. The van der Waals surface area contributed by atoms with Gasteiger partial charge in [-0.05, 0) is 6.92 Å². The van der Waals surface area contributed by atoms with Gasteiger partial charge in [-0.15, -0.1) is 11.3 Å². The molecule has 0 saturated carbocycles. The average Bonchev–Trinajstić information content (AvgIpc) is 2.53. The molecule has 0 atom stereocenters. The molecule has 0 bridgehead atoms. The van der Waals surface area contributed by atoms with Crippen molar-refractivity contribution in [3.8, 4) is 0 Å². The lowest BCUT2D eigenvalue weighted by Gasteiger charge is -1.98. The lowest BCUT2D eigenvalue weighted by Crippen LogP contribution is -2.24. The first-order valence-corrected chi connectivity index (χ1v) is 5.48. The minimum absolute atomic E-state index is 0.0673. The van der Waals surface area contributed by atoms with E-state index in [0.29, 0.717) is 12.3 Å². The van der Waals surface area contributed by atoms with Gasteiger partial charge in [0.15, 0.2) is 0 Å². The average molecular weight is 202 g/mol. The van der Waals surface area contributed by atoms with Crippen LogP contribution in [-0.2, 0) is 4.79 Å². The van der Waals surface area contributed by atoms with Gasteiger partial charge in [0.25, 0.3) is 0 Å². The molecule has 0 saturated heterocycles. The fourth-order valence-electron chi connectivity index (χ4n) is 0.657. The van der Waals surface area contributed by atoms with Gasteiger partial charge in [0.05, 0.1) is 5.75 Å². The van der Waals surface area contributed by atoms with Gasteiger partial charge in [0.1, 0.15) is 4.34 Å². The van der Waals surface area contributed by atoms with Crippen LogP contribution in [-0.4, -0.2) is 23.2 Å².